The van der Waals surface area contributed by atoms with Crippen molar-refractivity contribution >= 4 is 22.4 Å². The van der Waals surface area contributed by atoms with Crippen molar-refractivity contribution in [3.63, 3.8) is 0 Å². The summed E-state index contributed by atoms with van der Waals surface area (Å²) in [6.45, 7) is 4.28. The minimum Gasteiger partial charge on any atom is -0.375 e. The minimum atomic E-state index is -0.0165. The molecule has 0 spiro atoms. The molecule has 0 fully saturated rings. The van der Waals surface area contributed by atoms with Crippen LogP contribution in [0.4, 0.5) is 5.13 Å². The van der Waals surface area contributed by atoms with E-state index in [0.717, 1.165) is 29.8 Å². The third-order valence-corrected chi connectivity index (χ3v) is 3.74. The zero-order valence-electron chi connectivity index (χ0n) is 11.6. The number of amides is 1. The van der Waals surface area contributed by atoms with Gasteiger partial charge in [-0.05, 0) is 26.7 Å². The van der Waals surface area contributed by atoms with Gasteiger partial charge in [-0.3, -0.25) is 4.79 Å². The maximum atomic E-state index is 11.8. The lowest BCUT2D eigenvalue weighted by Gasteiger charge is -2.04. The third kappa shape index (κ3) is 3.80. The van der Waals surface area contributed by atoms with Crippen molar-refractivity contribution in [1.82, 2.24) is 15.5 Å². The number of thiazole rings is 1. The van der Waals surface area contributed by atoms with Crippen molar-refractivity contribution in [2.24, 2.45) is 0 Å². The van der Waals surface area contributed by atoms with Gasteiger partial charge >= 0.3 is 0 Å². The van der Waals surface area contributed by atoms with E-state index in [9.17, 15) is 4.79 Å². The molecule has 1 amide bonds. The van der Waals surface area contributed by atoms with Crippen LogP contribution in [-0.2, 0) is 17.6 Å². The molecule has 0 radical (unpaired) electrons. The first kappa shape index (κ1) is 14.5. The minimum absolute atomic E-state index is 0.0165. The highest BCUT2D eigenvalue weighted by Crippen LogP contribution is 2.13. The molecular formula is C13H18N4O2S. The second kappa shape index (κ2) is 6.51. The first-order chi connectivity index (χ1) is 9.56. The van der Waals surface area contributed by atoms with Gasteiger partial charge in [-0.1, -0.05) is 5.16 Å². The predicted octanol–water partition coefficient (Wildman–Crippen LogP) is 1.62. The Hall–Kier alpha value is -1.89. The summed E-state index contributed by atoms with van der Waals surface area (Å²) in [5.41, 5.74) is 8.18. The Morgan fingerprint density at radius 2 is 2.30 bits per heavy atom. The van der Waals surface area contributed by atoms with Crippen LogP contribution in [0.1, 0.15) is 29.1 Å². The van der Waals surface area contributed by atoms with Gasteiger partial charge in [0.25, 0.3) is 0 Å². The van der Waals surface area contributed by atoms with Gasteiger partial charge in [0.1, 0.15) is 5.76 Å². The largest absolute Gasteiger partial charge is 0.375 e. The Morgan fingerprint density at radius 1 is 1.50 bits per heavy atom. The molecule has 2 aromatic rings. The maximum absolute atomic E-state index is 11.8. The van der Waals surface area contributed by atoms with Crippen LogP contribution in [0.2, 0.25) is 0 Å². The van der Waals surface area contributed by atoms with E-state index in [2.05, 4.69) is 15.5 Å². The summed E-state index contributed by atoms with van der Waals surface area (Å²) in [7, 11) is 0. The van der Waals surface area contributed by atoms with Crippen molar-refractivity contribution in [3.8, 4) is 0 Å². The van der Waals surface area contributed by atoms with Crippen LogP contribution in [0, 0.1) is 13.8 Å². The molecule has 0 bridgehead atoms. The molecule has 0 saturated heterocycles. The number of aryl methyl sites for hydroxylation is 3. The standard InChI is InChI=1S/C13H18N4O2S/c1-8-11(9(2)19-17-8)6-12(18)15-5-3-4-10-7-20-13(14)16-10/h7H,3-6H2,1-2H3,(H2,14,16)(H,15,18). The molecule has 0 saturated carbocycles. The molecule has 2 rings (SSSR count). The fourth-order valence-electron chi connectivity index (χ4n) is 1.91. The van der Waals surface area contributed by atoms with Crippen molar-refractivity contribution in [1.29, 1.82) is 0 Å². The average molecular weight is 294 g/mol. The maximum Gasteiger partial charge on any atom is 0.224 e. The Kier molecular flexibility index (Phi) is 4.73. The number of carbonyl (C=O) groups is 1. The summed E-state index contributed by atoms with van der Waals surface area (Å²) in [4.78, 5) is 16.0. The third-order valence-electron chi connectivity index (χ3n) is 3.02. The zero-order chi connectivity index (χ0) is 14.5. The summed E-state index contributed by atoms with van der Waals surface area (Å²) in [5.74, 6) is 0.688. The van der Waals surface area contributed by atoms with Gasteiger partial charge in [0.05, 0.1) is 17.8 Å². The van der Waals surface area contributed by atoms with E-state index < -0.39 is 0 Å². The summed E-state index contributed by atoms with van der Waals surface area (Å²) in [6, 6.07) is 0. The molecule has 108 valence electrons. The normalized spacial score (nSPS) is 10.7. The Bertz CT molecular complexity index is 571. The molecule has 6 nitrogen and oxygen atoms in total. The molecular weight excluding hydrogens is 276 g/mol. The van der Waals surface area contributed by atoms with E-state index in [0.29, 0.717) is 23.9 Å². The fourth-order valence-corrected chi connectivity index (χ4v) is 2.51. The van der Waals surface area contributed by atoms with Crippen molar-refractivity contribution < 1.29 is 9.32 Å². The van der Waals surface area contributed by atoms with Gasteiger partial charge in [-0.15, -0.1) is 11.3 Å². The Labute approximate surface area is 121 Å². The molecule has 2 heterocycles. The lowest BCUT2D eigenvalue weighted by Crippen LogP contribution is -2.26. The van der Waals surface area contributed by atoms with Crippen LogP contribution >= 0.6 is 11.3 Å². The molecule has 7 heteroatoms. The Balaban J connectivity index is 1.70. The van der Waals surface area contributed by atoms with Crippen LogP contribution in [0.15, 0.2) is 9.90 Å². The number of rotatable bonds is 6. The fraction of sp³-hybridized carbons (Fsp3) is 0.462. The first-order valence-corrected chi connectivity index (χ1v) is 7.32. The number of hydrogen-bond donors (Lipinski definition) is 2. The van der Waals surface area contributed by atoms with E-state index in [1.807, 2.05) is 19.2 Å². The van der Waals surface area contributed by atoms with Crippen LogP contribution in [0.3, 0.4) is 0 Å². The molecule has 0 aromatic carbocycles. The number of nitrogens with one attached hydrogen (secondary N) is 1. The van der Waals surface area contributed by atoms with E-state index >= 15 is 0 Å². The van der Waals surface area contributed by atoms with Crippen molar-refractivity contribution in [2.75, 3.05) is 12.3 Å². The topological polar surface area (TPSA) is 94.0 Å². The number of nitrogens with zero attached hydrogens (tertiary/aromatic N) is 2. The van der Waals surface area contributed by atoms with E-state index in [1.54, 1.807) is 0 Å². The lowest BCUT2D eigenvalue weighted by molar-refractivity contribution is -0.120. The van der Waals surface area contributed by atoms with Crippen molar-refractivity contribution in [3.05, 3.63) is 28.1 Å². The predicted molar refractivity (Wildman–Crippen MR) is 77.5 cm³/mol. The first-order valence-electron chi connectivity index (χ1n) is 6.44. The van der Waals surface area contributed by atoms with Crippen LogP contribution < -0.4 is 11.1 Å². The average Bonchev–Trinajstić information content (AvgIpc) is 2.95. The van der Waals surface area contributed by atoms with Gasteiger partial charge in [-0.2, -0.15) is 0 Å². The molecule has 3 N–H and O–H groups in total. The van der Waals surface area contributed by atoms with Gasteiger partial charge in [0.2, 0.25) is 5.91 Å². The lowest BCUT2D eigenvalue weighted by atomic mass is 10.1. The van der Waals surface area contributed by atoms with Crippen LogP contribution in [0.25, 0.3) is 0 Å². The Morgan fingerprint density at radius 3 is 2.90 bits per heavy atom. The smallest absolute Gasteiger partial charge is 0.224 e. The highest BCUT2D eigenvalue weighted by atomic mass is 32.1. The quantitative estimate of drug-likeness (QED) is 0.790. The number of anilines is 1. The molecule has 0 unspecified atom stereocenters. The molecule has 0 atom stereocenters. The number of hydrogen-bond acceptors (Lipinski definition) is 6. The van der Waals surface area contributed by atoms with E-state index in [-0.39, 0.29) is 5.91 Å². The number of aromatic nitrogens is 2. The highest BCUT2D eigenvalue weighted by Gasteiger charge is 2.12. The number of carbonyl (C=O) groups excluding carboxylic acids is 1. The van der Waals surface area contributed by atoms with E-state index in [1.165, 1.54) is 11.3 Å². The van der Waals surface area contributed by atoms with Crippen LogP contribution in [-0.4, -0.2) is 22.6 Å². The summed E-state index contributed by atoms with van der Waals surface area (Å²) in [6.07, 6.45) is 1.97. The molecule has 0 aliphatic rings. The second-order valence-corrected chi connectivity index (χ2v) is 5.50. The van der Waals surface area contributed by atoms with Gasteiger partial charge in [-0.25, -0.2) is 4.98 Å². The molecule has 0 aliphatic heterocycles. The summed E-state index contributed by atoms with van der Waals surface area (Å²) >= 11 is 1.44. The molecule has 0 aliphatic carbocycles. The van der Waals surface area contributed by atoms with Gasteiger partial charge in [0, 0.05) is 17.5 Å². The summed E-state index contributed by atoms with van der Waals surface area (Å²) < 4.78 is 5.03. The van der Waals surface area contributed by atoms with Crippen LogP contribution in [0.5, 0.6) is 0 Å². The SMILES string of the molecule is Cc1noc(C)c1CC(=O)NCCCc1csc(N)n1. The monoisotopic (exact) mass is 294 g/mol. The van der Waals surface area contributed by atoms with Gasteiger partial charge in [0.15, 0.2) is 5.13 Å². The zero-order valence-corrected chi connectivity index (χ0v) is 12.4. The van der Waals surface area contributed by atoms with Gasteiger partial charge < -0.3 is 15.6 Å². The van der Waals surface area contributed by atoms with Crippen molar-refractivity contribution in [2.45, 2.75) is 33.1 Å². The highest BCUT2D eigenvalue weighted by molar-refractivity contribution is 7.13. The molecule has 2 aromatic heterocycles. The molecule has 20 heavy (non-hydrogen) atoms. The number of nitrogen functional groups attached to an aromatic ring is 1. The summed E-state index contributed by atoms with van der Waals surface area (Å²) in [5, 5.41) is 9.25. The second-order valence-electron chi connectivity index (χ2n) is 4.61. The number of nitrogens with two attached hydrogens (primary N) is 1. The van der Waals surface area contributed by atoms with E-state index in [4.69, 9.17) is 10.3 Å².